The molecular weight excluding hydrogens is 260 g/mol. The standard InChI is InChI=1S/C15H17ClN2O/c1-10(2)19-12-5-3-11(4-6-12)15(17)13-7-8-18-9-14(13)16/h3-10,15H,17H2,1-2H3. The fourth-order valence-corrected chi connectivity index (χ4v) is 2.08. The van der Waals surface area contributed by atoms with Gasteiger partial charge in [0.2, 0.25) is 0 Å². The van der Waals surface area contributed by atoms with E-state index in [1.54, 1.807) is 12.4 Å². The Bertz CT molecular complexity index is 540. The van der Waals surface area contributed by atoms with E-state index >= 15 is 0 Å². The number of benzene rings is 1. The second-order valence-corrected chi connectivity index (χ2v) is 5.02. The van der Waals surface area contributed by atoms with Gasteiger partial charge in [0.25, 0.3) is 0 Å². The highest BCUT2D eigenvalue weighted by atomic mass is 35.5. The molecule has 1 aromatic heterocycles. The lowest BCUT2D eigenvalue weighted by Gasteiger charge is -2.15. The largest absolute Gasteiger partial charge is 0.491 e. The van der Waals surface area contributed by atoms with Gasteiger partial charge in [0, 0.05) is 12.4 Å². The highest BCUT2D eigenvalue weighted by Crippen LogP contribution is 2.26. The molecule has 0 saturated heterocycles. The first-order valence-corrected chi connectivity index (χ1v) is 6.57. The molecule has 100 valence electrons. The SMILES string of the molecule is CC(C)Oc1ccc(C(N)c2ccncc2Cl)cc1. The van der Waals surface area contributed by atoms with Crippen molar-refractivity contribution < 1.29 is 4.74 Å². The first kappa shape index (κ1) is 13.8. The van der Waals surface area contributed by atoms with Crippen molar-refractivity contribution in [2.75, 3.05) is 0 Å². The Balaban J connectivity index is 2.20. The van der Waals surface area contributed by atoms with Crippen LogP contribution in [-0.2, 0) is 0 Å². The fourth-order valence-electron chi connectivity index (χ4n) is 1.84. The second kappa shape index (κ2) is 6.04. The molecule has 2 rings (SSSR count). The van der Waals surface area contributed by atoms with Crippen LogP contribution in [0.15, 0.2) is 42.7 Å². The van der Waals surface area contributed by atoms with E-state index in [1.165, 1.54) is 0 Å². The van der Waals surface area contributed by atoms with E-state index in [4.69, 9.17) is 22.1 Å². The number of hydrogen-bond acceptors (Lipinski definition) is 3. The molecule has 19 heavy (non-hydrogen) atoms. The zero-order valence-corrected chi connectivity index (χ0v) is 11.8. The summed E-state index contributed by atoms with van der Waals surface area (Å²) in [4.78, 5) is 3.96. The molecule has 0 aliphatic rings. The maximum Gasteiger partial charge on any atom is 0.119 e. The second-order valence-electron chi connectivity index (χ2n) is 4.61. The van der Waals surface area contributed by atoms with E-state index < -0.39 is 0 Å². The van der Waals surface area contributed by atoms with Gasteiger partial charge in [-0.2, -0.15) is 0 Å². The van der Waals surface area contributed by atoms with E-state index in [0.29, 0.717) is 5.02 Å². The van der Waals surface area contributed by atoms with Crippen molar-refractivity contribution in [3.63, 3.8) is 0 Å². The maximum atomic E-state index is 6.22. The Morgan fingerprint density at radius 3 is 2.42 bits per heavy atom. The van der Waals surface area contributed by atoms with Crippen LogP contribution >= 0.6 is 11.6 Å². The van der Waals surface area contributed by atoms with Gasteiger partial charge in [-0.15, -0.1) is 0 Å². The summed E-state index contributed by atoms with van der Waals surface area (Å²) < 4.78 is 5.60. The van der Waals surface area contributed by atoms with Crippen LogP contribution in [-0.4, -0.2) is 11.1 Å². The van der Waals surface area contributed by atoms with Crippen LogP contribution in [0.25, 0.3) is 0 Å². The number of pyridine rings is 1. The number of nitrogens with zero attached hydrogens (tertiary/aromatic N) is 1. The lowest BCUT2D eigenvalue weighted by molar-refractivity contribution is 0.242. The van der Waals surface area contributed by atoms with Crippen molar-refractivity contribution in [2.24, 2.45) is 5.73 Å². The summed E-state index contributed by atoms with van der Waals surface area (Å²) in [6.45, 7) is 3.99. The molecule has 0 saturated carbocycles. The van der Waals surface area contributed by atoms with E-state index in [-0.39, 0.29) is 12.1 Å². The molecule has 0 aliphatic heterocycles. The Hall–Kier alpha value is -1.58. The first-order valence-electron chi connectivity index (χ1n) is 6.19. The third kappa shape index (κ3) is 3.46. The summed E-state index contributed by atoms with van der Waals surface area (Å²) in [6, 6.07) is 9.34. The van der Waals surface area contributed by atoms with Crippen molar-refractivity contribution >= 4 is 11.6 Å². The molecule has 0 aliphatic carbocycles. The number of nitrogens with two attached hydrogens (primary N) is 1. The van der Waals surface area contributed by atoms with Crippen LogP contribution in [0.5, 0.6) is 5.75 Å². The number of rotatable bonds is 4. The first-order chi connectivity index (χ1) is 9.08. The fraction of sp³-hybridized carbons (Fsp3) is 0.267. The van der Waals surface area contributed by atoms with Gasteiger partial charge in [-0.3, -0.25) is 4.98 Å². The quantitative estimate of drug-likeness (QED) is 0.929. The molecule has 1 atom stereocenters. The molecule has 3 nitrogen and oxygen atoms in total. The van der Waals surface area contributed by atoms with Crippen molar-refractivity contribution in [3.8, 4) is 5.75 Å². The Kier molecular flexibility index (Phi) is 4.40. The minimum Gasteiger partial charge on any atom is -0.491 e. The van der Waals surface area contributed by atoms with Crippen molar-refractivity contribution in [1.82, 2.24) is 4.98 Å². The van der Waals surface area contributed by atoms with Crippen LogP contribution in [0, 0.1) is 0 Å². The molecule has 1 heterocycles. The van der Waals surface area contributed by atoms with Gasteiger partial charge in [-0.1, -0.05) is 23.7 Å². The summed E-state index contributed by atoms with van der Waals surface area (Å²) in [5, 5.41) is 0.581. The van der Waals surface area contributed by atoms with Gasteiger partial charge in [0.05, 0.1) is 17.2 Å². The Labute approximate surface area is 118 Å². The predicted octanol–water partition coefficient (Wildman–Crippen LogP) is 3.57. The number of halogens is 1. The molecule has 0 fully saturated rings. The van der Waals surface area contributed by atoms with Gasteiger partial charge >= 0.3 is 0 Å². The predicted molar refractivity (Wildman–Crippen MR) is 77.5 cm³/mol. The zero-order valence-electron chi connectivity index (χ0n) is 11.0. The average molecular weight is 277 g/mol. The summed E-state index contributed by atoms with van der Waals surface area (Å²) in [6.07, 6.45) is 3.46. The van der Waals surface area contributed by atoms with Gasteiger partial charge in [-0.05, 0) is 43.2 Å². The van der Waals surface area contributed by atoms with Crippen LogP contribution in [0.2, 0.25) is 5.02 Å². The van der Waals surface area contributed by atoms with Crippen LogP contribution < -0.4 is 10.5 Å². The molecule has 4 heteroatoms. The maximum absolute atomic E-state index is 6.22. The summed E-state index contributed by atoms with van der Waals surface area (Å²) >= 11 is 6.10. The molecule has 0 bridgehead atoms. The third-order valence-corrected chi connectivity index (χ3v) is 3.07. The highest BCUT2D eigenvalue weighted by Gasteiger charge is 2.12. The Morgan fingerprint density at radius 1 is 1.16 bits per heavy atom. The summed E-state index contributed by atoms with van der Waals surface area (Å²) in [5.74, 6) is 0.840. The highest BCUT2D eigenvalue weighted by molar-refractivity contribution is 6.31. The molecule has 2 N–H and O–H groups in total. The molecular formula is C15H17ClN2O. The van der Waals surface area contributed by atoms with Gasteiger partial charge in [0.1, 0.15) is 5.75 Å². The summed E-state index contributed by atoms with van der Waals surface area (Å²) in [5.41, 5.74) is 8.08. The minimum absolute atomic E-state index is 0.161. The molecule has 0 spiro atoms. The lowest BCUT2D eigenvalue weighted by atomic mass is 10.0. The molecule has 0 amide bonds. The van der Waals surface area contributed by atoms with Crippen molar-refractivity contribution in [3.05, 3.63) is 58.9 Å². The van der Waals surface area contributed by atoms with Crippen LogP contribution in [0.3, 0.4) is 0 Å². The van der Waals surface area contributed by atoms with Crippen LogP contribution in [0.1, 0.15) is 31.0 Å². The van der Waals surface area contributed by atoms with Gasteiger partial charge in [0.15, 0.2) is 0 Å². The van der Waals surface area contributed by atoms with Gasteiger partial charge < -0.3 is 10.5 Å². The van der Waals surface area contributed by atoms with E-state index in [1.807, 2.05) is 44.2 Å². The van der Waals surface area contributed by atoms with Crippen molar-refractivity contribution in [2.45, 2.75) is 26.0 Å². The molecule has 2 aromatic rings. The smallest absolute Gasteiger partial charge is 0.119 e. The molecule has 1 aromatic carbocycles. The number of hydrogen-bond donors (Lipinski definition) is 1. The zero-order chi connectivity index (χ0) is 13.8. The number of aromatic nitrogens is 1. The van der Waals surface area contributed by atoms with E-state index in [2.05, 4.69) is 4.98 Å². The molecule has 0 radical (unpaired) electrons. The molecule has 1 unspecified atom stereocenters. The normalized spacial score (nSPS) is 12.5. The van der Waals surface area contributed by atoms with Crippen LogP contribution in [0.4, 0.5) is 0 Å². The lowest BCUT2D eigenvalue weighted by Crippen LogP contribution is -2.12. The average Bonchev–Trinajstić information content (AvgIpc) is 2.39. The van der Waals surface area contributed by atoms with Crippen molar-refractivity contribution in [1.29, 1.82) is 0 Å². The number of ether oxygens (including phenoxy) is 1. The van der Waals surface area contributed by atoms with Gasteiger partial charge in [-0.25, -0.2) is 0 Å². The monoisotopic (exact) mass is 276 g/mol. The van der Waals surface area contributed by atoms with E-state index in [9.17, 15) is 0 Å². The Morgan fingerprint density at radius 2 is 1.84 bits per heavy atom. The summed E-state index contributed by atoms with van der Waals surface area (Å²) in [7, 11) is 0. The third-order valence-electron chi connectivity index (χ3n) is 2.75. The minimum atomic E-state index is -0.261. The topological polar surface area (TPSA) is 48.1 Å². The van der Waals surface area contributed by atoms with E-state index in [0.717, 1.165) is 16.9 Å².